The molecule has 5 heteroatoms. The Balaban J connectivity index is 2.37. The third-order valence-electron chi connectivity index (χ3n) is 3.83. The molecule has 122 valence electrons. The molecule has 0 aromatic heterocycles. The number of amides is 1. The molecule has 1 amide bonds. The normalized spacial score (nSPS) is 15.3. The molecule has 1 aromatic rings. The predicted molar refractivity (Wildman–Crippen MR) is 90.0 cm³/mol. The summed E-state index contributed by atoms with van der Waals surface area (Å²) >= 11 is 6.36. The maximum atomic E-state index is 12.9. The van der Waals surface area contributed by atoms with E-state index >= 15 is 0 Å². The van der Waals surface area contributed by atoms with Gasteiger partial charge in [0.2, 0.25) is 0 Å². The highest BCUT2D eigenvalue weighted by Gasteiger charge is 2.25. The minimum absolute atomic E-state index is 0.0136. The van der Waals surface area contributed by atoms with Crippen LogP contribution < -0.4 is 10.1 Å². The first kappa shape index (κ1) is 17.1. The van der Waals surface area contributed by atoms with Gasteiger partial charge in [0.25, 0.3) is 5.91 Å². The van der Waals surface area contributed by atoms with Crippen LogP contribution in [0.15, 0.2) is 6.07 Å². The first-order chi connectivity index (χ1) is 10.4. The Labute approximate surface area is 137 Å². The summed E-state index contributed by atoms with van der Waals surface area (Å²) in [6.07, 6.45) is 0. The van der Waals surface area contributed by atoms with Gasteiger partial charge in [-0.3, -0.25) is 4.79 Å². The van der Waals surface area contributed by atoms with Gasteiger partial charge < -0.3 is 15.0 Å². The molecule has 4 nitrogen and oxygen atoms in total. The zero-order chi connectivity index (χ0) is 16.3. The summed E-state index contributed by atoms with van der Waals surface area (Å²) in [6, 6.07) is 1.88. The average Bonchev–Trinajstić information content (AvgIpc) is 2.51. The molecule has 1 aliphatic heterocycles. The fourth-order valence-corrected chi connectivity index (χ4v) is 2.73. The van der Waals surface area contributed by atoms with E-state index in [1.54, 1.807) is 0 Å². The smallest absolute Gasteiger partial charge is 0.258 e. The summed E-state index contributed by atoms with van der Waals surface area (Å²) in [5, 5.41) is 3.91. The van der Waals surface area contributed by atoms with Crippen LogP contribution in [-0.4, -0.2) is 43.6 Å². The number of carbonyl (C=O) groups is 1. The lowest BCUT2D eigenvalue weighted by Crippen LogP contribution is -2.46. The highest BCUT2D eigenvalue weighted by molar-refractivity contribution is 6.32. The first-order valence-electron chi connectivity index (χ1n) is 7.84. The molecule has 2 rings (SSSR count). The average molecular weight is 325 g/mol. The van der Waals surface area contributed by atoms with E-state index in [1.807, 2.05) is 24.8 Å². The van der Waals surface area contributed by atoms with E-state index < -0.39 is 0 Å². The van der Waals surface area contributed by atoms with Crippen molar-refractivity contribution in [3.8, 4) is 5.75 Å². The van der Waals surface area contributed by atoms with E-state index in [4.69, 9.17) is 16.3 Å². The lowest BCUT2D eigenvalue weighted by molar-refractivity contribution is 0.0730. The van der Waals surface area contributed by atoms with Crippen LogP contribution in [0.3, 0.4) is 0 Å². The molecule has 1 fully saturated rings. The van der Waals surface area contributed by atoms with Crippen LogP contribution in [0.1, 0.15) is 35.3 Å². The molecule has 0 spiro atoms. The highest BCUT2D eigenvalue weighted by atomic mass is 35.5. The molecule has 1 aliphatic rings. The minimum Gasteiger partial charge on any atom is -0.492 e. The number of nitrogens with zero attached hydrogens (tertiary/aromatic N) is 1. The molecule has 22 heavy (non-hydrogen) atoms. The monoisotopic (exact) mass is 324 g/mol. The standard InChI is InChI=1S/C17H25ClN2O2/c1-11(2)10-22-14-9-12(3)16(18)13(4)15(14)17(21)20-7-5-19-6-8-20/h9,11,19H,5-8,10H2,1-4H3. The lowest BCUT2D eigenvalue weighted by atomic mass is 10.0. The van der Waals surface area contributed by atoms with Gasteiger partial charge in [-0.25, -0.2) is 0 Å². The van der Waals surface area contributed by atoms with Crippen LogP contribution in [0, 0.1) is 19.8 Å². The number of carbonyl (C=O) groups excluding carboxylic acids is 1. The van der Waals surface area contributed by atoms with E-state index in [1.165, 1.54) is 0 Å². The Bertz CT molecular complexity index is 552. The number of aryl methyl sites for hydroxylation is 1. The molecule has 0 unspecified atom stereocenters. The van der Waals surface area contributed by atoms with Gasteiger partial charge in [-0.05, 0) is 37.0 Å². The summed E-state index contributed by atoms with van der Waals surface area (Å²) < 4.78 is 5.91. The summed E-state index contributed by atoms with van der Waals surface area (Å²) in [4.78, 5) is 14.8. The number of nitrogens with one attached hydrogen (secondary N) is 1. The van der Waals surface area contributed by atoms with Gasteiger partial charge in [-0.2, -0.15) is 0 Å². The fourth-order valence-electron chi connectivity index (χ4n) is 2.58. The van der Waals surface area contributed by atoms with Crippen molar-refractivity contribution in [2.75, 3.05) is 32.8 Å². The Morgan fingerprint density at radius 3 is 2.59 bits per heavy atom. The Hall–Kier alpha value is -1.26. The number of rotatable bonds is 4. The second kappa shape index (κ2) is 7.34. The van der Waals surface area contributed by atoms with Crippen molar-refractivity contribution in [1.29, 1.82) is 0 Å². The number of ether oxygens (including phenoxy) is 1. The van der Waals surface area contributed by atoms with Gasteiger partial charge in [0.1, 0.15) is 5.75 Å². The number of piperazine rings is 1. The van der Waals surface area contributed by atoms with Gasteiger partial charge in [-0.15, -0.1) is 0 Å². The molecular formula is C17H25ClN2O2. The second-order valence-electron chi connectivity index (χ2n) is 6.25. The number of hydrogen-bond donors (Lipinski definition) is 1. The van der Waals surface area contributed by atoms with E-state index in [0.717, 1.165) is 24.2 Å². The van der Waals surface area contributed by atoms with E-state index in [2.05, 4.69) is 19.2 Å². The SMILES string of the molecule is Cc1cc(OCC(C)C)c(C(=O)N2CCNCC2)c(C)c1Cl. The van der Waals surface area contributed by atoms with Crippen molar-refractivity contribution in [2.45, 2.75) is 27.7 Å². The van der Waals surface area contributed by atoms with Gasteiger partial charge in [-0.1, -0.05) is 25.4 Å². The summed E-state index contributed by atoms with van der Waals surface area (Å²) in [6.45, 7) is 11.7. The summed E-state index contributed by atoms with van der Waals surface area (Å²) in [7, 11) is 0. The molecule has 0 atom stereocenters. The molecule has 1 N–H and O–H groups in total. The van der Waals surface area contributed by atoms with E-state index in [0.29, 0.717) is 41.9 Å². The molecule has 1 saturated heterocycles. The van der Waals surface area contributed by atoms with Crippen molar-refractivity contribution in [3.63, 3.8) is 0 Å². The maximum absolute atomic E-state index is 12.9. The topological polar surface area (TPSA) is 41.6 Å². The van der Waals surface area contributed by atoms with E-state index in [9.17, 15) is 4.79 Å². The molecule has 0 bridgehead atoms. The molecular weight excluding hydrogens is 300 g/mol. The number of benzene rings is 1. The third-order valence-corrected chi connectivity index (χ3v) is 4.42. The predicted octanol–water partition coefficient (Wildman–Crippen LogP) is 3.04. The van der Waals surface area contributed by atoms with Crippen molar-refractivity contribution in [1.82, 2.24) is 10.2 Å². The molecule has 0 saturated carbocycles. The minimum atomic E-state index is 0.0136. The Kier molecular flexibility index (Phi) is 5.70. The fraction of sp³-hybridized carbons (Fsp3) is 0.588. The molecule has 0 radical (unpaired) electrons. The van der Waals surface area contributed by atoms with Gasteiger partial charge in [0.15, 0.2) is 0 Å². The Morgan fingerprint density at radius 1 is 1.36 bits per heavy atom. The molecule has 1 heterocycles. The van der Waals surface area contributed by atoms with Crippen LogP contribution in [0.4, 0.5) is 0 Å². The largest absolute Gasteiger partial charge is 0.492 e. The number of halogens is 1. The van der Waals surface area contributed by atoms with Gasteiger partial charge in [0, 0.05) is 31.2 Å². The summed E-state index contributed by atoms with van der Waals surface area (Å²) in [5.41, 5.74) is 2.36. The van der Waals surface area contributed by atoms with Crippen LogP contribution in [0.5, 0.6) is 5.75 Å². The van der Waals surface area contributed by atoms with Crippen molar-refractivity contribution in [3.05, 3.63) is 27.8 Å². The highest BCUT2D eigenvalue weighted by Crippen LogP contribution is 2.33. The van der Waals surface area contributed by atoms with Crippen LogP contribution in [0.2, 0.25) is 5.02 Å². The van der Waals surface area contributed by atoms with Crippen LogP contribution in [0.25, 0.3) is 0 Å². The summed E-state index contributed by atoms with van der Waals surface area (Å²) in [5.74, 6) is 1.06. The maximum Gasteiger partial charge on any atom is 0.258 e. The molecule has 1 aromatic carbocycles. The van der Waals surface area contributed by atoms with Crippen molar-refractivity contribution in [2.24, 2.45) is 5.92 Å². The van der Waals surface area contributed by atoms with Crippen molar-refractivity contribution < 1.29 is 9.53 Å². The first-order valence-corrected chi connectivity index (χ1v) is 8.22. The van der Waals surface area contributed by atoms with Crippen molar-refractivity contribution >= 4 is 17.5 Å². The van der Waals surface area contributed by atoms with Crippen LogP contribution in [-0.2, 0) is 0 Å². The third kappa shape index (κ3) is 3.73. The van der Waals surface area contributed by atoms with E-state index in [-0.39, 0.29) is 5.91 Å². The zero-order valence-electron chi connectivity index (χ0n) is 13.8. The number of hydrogen-bond acceptors (Lipinski definition) is 3. The second-order valence-corrected chi connectivity index (χ2v) is 6.63. The Morgan fingerprint density at radius 2 is 2.00 bits per heavy atom. The van der Waals surface area contributed by atoms with Gasteiger partial charge >= 0.3 is 0 Å². The quantitative estimate of drug-likeness (QED) is 0.925. The lowest BCUT2D eigenvalue weighted by Gasteiger charge is -2.29. The zero-order valence-corrected chi connectivity index (χ0v) is 14.6. The molecule has 0 aliphatic carbocycles. The van der Waals surface area contributed by atoms with Gasteiger partial charge in [0.05, 0.1) is 12.2 Å². The van der Waals surface area contributed by atoms with Crippen LogP contribution >= 0.6 is 11.6 Å².